The predicted molar refractivity (Wildman–Crippen MR) is 104 cm³/mol. The molecule has 1 saturated heterocycles. The summed E-state index contributed by atoms with van der Waals surface area (Å²) in [6, 6.07) is 20.9. The normalized spacial score (nSPS) is 18.2. The smallest absolute Gasteiger partial charge is 0.220 e. The fourth-order valence-electron chi connectivity index (χ4n) is 3.86. The second-order valence-electron chi connectivity index (χ2n) is 6.87. The number of carbonyl (C=O) groups is 1. The van der Waals surface area contributed by atoms with Gasteiger partial charge in [0.25, 0.3) is 0 Å². The molecule has 132 valence electrons. The molecule has 1 atom stereocenters. The Labute approximate surface area is 154 Å². The highest BCUT2D eigenvalue weighted by Gasteiger charge is 2.29. The van der Waals surface area contributed by atoms with Gasteiger partial charge in [0.1, 0.15) is 0 Å². The first-order valence-corrected chi connectivity index (χ1v) is 9.09. The molecule has 1 amide bonds. The molecule has 2 aromatic carbocycles. The summed E-state index contributed by atoms with van der Waals surface area (Å²) in [6.45, 7) is 5.00. The van der Waals surface area contributed by atoms with Gasteiger partial charge in [0, 0.05) is 44.7 Å². The molecule has 0 N–H and O–H groups in total. The second-order valence-corrected chi connectivity index (χ2v) is 6.87. The van der Waals surface area contributed by atoms with Crippen molar-refractivity contribution >= 4 is 16.8 Å². The fourth-order valence-corrected chi connectivity index (χ4v) is 3.86. The van der Waals surface area contributed by atoms with Gasteiger partial charge in [0.2, 0.25) is 5.91 Å². The summed E-state index contributed by atoms with van der Waals surface area (Å²) < 4.78 is 0. The fraction of sp³-hybridized carbons (Fsp3) is 0.273. The molecule has 4 rings (SSSR count). The zero-order valence-corrected chi connectivity index (χ0v) is 15.0. The van der Waals surface area contributed by atoms with E-state index in [0.29, 0.717) is 0 Å². The topological polar surface area (TPSA) is 36.4 Å². The molecular formula is C22H23N3O. The Morgan fingerprint density at radius 1 is 1.04 bits per heavy atom. The van der Waals surface area contributed by atoms with Crippen molar-refractivity contribution in [3.8, 4) is 0 Å². The third kappa shape index (κ3) is 3.33. The lowest BCUT2D eigenvalue weighted by molar-refractivity contribution is -0.134. The van der Waals surface area contributed by atoms with Crippen molar-refractivity contribution in [3.05, 3.63) is 78.0 Å². The van der Waals surface area contributed by atoms with E-state index in [1.807, 2.05) is 35.4 Å². The molecule has 0 saturated carbocycles. The summed E-state index contributed by atoms with van der Waals surface area (Å²) in [6.07, 6.45) is 1.85. The lowest BCUT2D eigenvalue weighted by Crippen LogP contribution is -2.49. The molecular weight excluding hydrogens is 322 g/mol. The minimum absolute atomic E-state index is 0.102. The summed E-state index contributed by atoms with van der Waals surface area (Å²) >= 11 is 0. The molecule has 0 radical (unpaired) electrons. The van der Waals surface area contributed by atoms with E-state index in [2.05, 4.69) is 46.3 Å². The van der Waals surface area contributed by atoms with Crippen LogP contribution in [0.4, 0.5) is 0 Å². The number of pyridine rings is 1. The molecule has 0 spiro atoms. The van der Waals surface area contributed by atoms with Gasteiger partial charge in [-0.25, -0.2) is 0 Å². The maximum absolute atomic E-state index is 12.1. The Kier molecular flexibility index (Phi) is 4.67. The van der Waals surface area contributed by atoms with Gasteiger partial charge in [-0.3, -0.25) is 14.7 Å². The van der Waals surface area contributed by atoms with Crippen molar-refractivity contribution in [1.82, 2.24) is 14.8 Å². The molecule has 1 aliphatic rings. The first-order chi connectivity index (χ1) is 12.7. The number of hydrogen-bond acceptors (Lipinski definition) is 3. The summed E-state index contributed by atoms with van der Waals surface area (Å²) in [5.41, 5.74) is 3.51. The first kappa shape index (κ1) is 16.7. The van der Waals surface area contributed by atoms with E-state index >= 15 is 0 Å². The molecule has 2 heterocycles. The van der Waals surface area contributed by atoms with Crippen LogP contribution in [0.1, 0.15) is 24.1 Å². The number of nitrogens with zero attached hydrogens (tertiary/aromatic N) is 3. The third-order valence-electron chi connectivity index (χ3n) is 5.16. The molecule has 0 bridgehead atoms. The molecule has 4 heteroatoms. The van der Waals surface area contributed by atoms with Crippen LogP contribution in [0.25, 0.3) is 10.9 Å². The number of aromatic nitrogens is 1. The zero-order valence-electron chi connectivity index (χ0n) is 15.0. The molecule has 1 aromatic heterocycles. The number of piperazine rings is 1. The van der Waals surface area contributed by atoms with Crippen LogP contribution in [0, 0.1) is 0 Å². The third-order valence-corrected chi connectivity index (χ3v) is 5.16. The van der Waals surface area contributed by atoms with Crippen molar-refractivity contribution < 1.29 is 4.79 Å². The molecule has 4 nitrogen and oxygen atoms in total. The largest absolute Gasteiger partial charge is 0.333 e. The van der Waals surface area contributed by atoms with E-state index in [0.717, 1.165) is 31.7 Å². The van der Waals surface area contributed by atoms with E-state index in [4.69, 9.17) is 0 Å². The number of carbonyl (C=O) groups excluding carboxylic acids is 1. The minimum Gasteiger partial charge on any atom is -0.333 e. The van der Waals surface area contributed by atoms with Gasteiger partial charge in [-0.05, 0) is 17.2 Å². The maximum atomic E-state index is 12.1. The highest BCUT2D eigenvalue weighted by Crippen LogP contribution is 2.27. The molecule has 1 fully saturated rings. The van der Waals surface area contributed by atoms with Crippen LogP contribution in [-0.2, 0) is 11.3 Å². The lowest BCUT2D eigenvalue weighted by Gasteiger charge is -2.41. The summed E-state index contributed by atoms with van der Waals surface area (Å²) in [5.74, 6) is 0.144. The first-order valence-electron chi connectivity index (χ1n) is 9.09. The standard InChI is InChI=1S/C22H23N3O/c1-17(26)25-14-13-24(16-21(25)18-7-3-2-4-8-18)15-20-10-5-9-19-11-6-12-23-22(19)20/h2-12,21H,13-16H2,1H3/t21-/m1/s1. The number of hydrogen-bond donors (Lipinski definition) is 0. The number of amides is 1. The van der Waals surface area contributed by atoms with Crippen molar-refractivity contribution in [1.29, 1.82) is 0 Å². The lowest BCUT2D eigenvalue weighted by atomic mass is 10.0. The predicted octanol–water partition coefficient (Wildman–Crippen LogP) is 3.64. The summed E-state index contributed by atoms with van der Waals surface area (Å²) in [5, 5.41) is 1.17. The van der Waals surface area contributed by atoms with Crippen LogP contribution in [0.2, 0.25) is 0 Å². The van der Waals surface area contributed by atoms with Crippen molar-refractivity contribution in [2.45, 2.75) is 19.5 Å². The monoisotopic (exact) mass is 345 g/mol. The average molecular weight is 345 g/mol. The van der Waals surface area contributed by atoms with E-state index < -0.39 is 0 Å². The van der Waals surface area contributed by atoms with Gasteiger partial charge >= 0.3 is 0 Å². The van der Waals surface area contributed by atoms with Crippen LogP contribution >= 0.6 is 0 Å². The number of fused-ring (bicyclic) bond motifs is 1. The van der Waals surface area contributed by atoms with Gasteiger partial charge < -0.3 is 4.90 Å². The van der Waals surface area contributed by atoms with Gasteiger partial charge in [-0.2, -0.15) is 0 Å². The van der Waals surface area contributed by atoms with Crippen LogP contribution < -0.4 is 0 Å². The number of para-hydroxylation sites is 1. The zero-order chi connectivity index (χ0) is 17.9. The van der Waals surface area contributed by atoms with E-state index in [9.17, 15) is 4.79 Å². The Bertz CT molecular complexity index is 904. The van der Waals surface area contributed by atoms with Gasteiger partial charge in [-0.1, -0.05) is 54.6 Å². The van der Waals surface area contributed by atoms with Crippen LogP contribution in [0.5, 0.6) is 0 Å². The Hall–Kier alpha value is -2.72. The van der Waals surface area contributed by atoms with E-state index in [1.165, 1.54) is 16.5 Å². The van der Waals surface area contributed by atoms with Gasteiger partial charge in [0.15, 0.2) is 0 Å². The summed E-state index contributed by atoms with van der Waals surface area (Å²) in [7, 11) is 0. The van der Waals surface area contributed by atoms with Crippen molar-refractivity contribution in [3.63, 3.8) is 0 Å². The van der Waals surface area contributed by atoms with Crippen LogP contribution in [-0.4, -0.2) is 40.3 Å². The molecule has 3 aromatic rings. The highest BCUT2D eigenvalue weighted by atomic mass is 16.2. The summed E-state index contributed by atoms with van der Waals surface area (Å²) in [4.78, 5) is 21.1. The maximum Gasteiger partial charge on any atom is 0.220 e. The molecule has 26 heavy (non-hydrogen) atoms. The van der Waals surface area contributed by atoms with E-state index in [1.54, 1.807) is 6.92 Å². The molecule has 0 aliphatic carbocycles. The van der Waals surface area contributed by atoms with Crippen molar-refractivity contribution in [2.75, 3.05) is 19.6 Å². The van der Waals surface area contributed by atoms with Crippen molar-refractivity contribution in [2.24, 2.45) is 0 Å². The van der Waals surface area contributed by atoms with E-state index in [-0.39, 0.29) is 11.9 Å². The Morgan fingerprint density at radius 3 is 2.65 bits per heavy atom. The second kappa shape index (κ2) is 7.26. The Morgan fingerprint density at radius 2 is 1.85 bits per heavy atom. The highest BCUT2D eigenvalue weighted by molar-refractivity contribution is 5.81. The number of benzene rings is 2. The minimum atomic E-state index is 0.102. The number of rotatable bonds is 3. The van der Waals surface area contributed by atoms with Gasteiger partial charge in [-0.15, -0.1) is 0 Å². The Balaban J connectivity index is 1.59. The average Bonchev–Trinajstić information content (AvgIpc) is 2.69. The molecule has 1 aliphatic heterocycles. The van der Waals surface area contributed by atoms with Gasteiger partial charge in [0.05, 0.1) is 11.6 Å². The van der Waals surface area contributed by atoms with Crippen LogP contribution in [0.3, 0.4) is 0 Å². The SMILES string of the molecule is CC(=O)N1CCN(Cc2cccc3cccnc23)C[C@@H]1c1ccccc1. The quantitative estimate of drug-likeness (QED) is 0.727. The molecule has 0 unspecified atom stereocenters. The van der Waals surface area contributed by atoms with Crippen LogP contribution in [0.15, 0.2) is 66.9 Å².